The second kappa shape index (κ2) is 6.35. The van der Waals surface area contributed by atoms with Gasteiger partial charge in [-0.15, -0.1) is 0 Å². The fraction of sp³-hybridized carbons (Fsp3) is 0.833. The Morgan fingerprint density at radius 2 is 1.81 bits per heavy atom. The average Bonchev–Trinajstić information content (AvgIpc) is 3.24. The van der Waals surface area contributed by atoms with E-state index < -0.39 is 0 Å². The van der Waals surface area contributed by atoms with Crippen molar-refractivity contribution >= 4 is 0 Å². The van der Waals surface area contributed by atoms with E-state index in [1.165, 1.54) is 49.7 Å². The van der Waals surface area contributed by atoms with Gasteiger partial charge in [-0.2, -0.15) is 0 Å². The van der Waals surface area contributed by atoms with Crippen LogP contribution >= 0.6 is 0 Å². The number of aliphatic hydroxyl groups excluding tert-OH is 2. The van der Waals surface area contributed by atoms with E-state index in [9.17, 15) is 10.2 Å². The lowest BCUT2D eigenvalue weighted by Gasteiger charge is -2.58. The lowest BCUT2D eigenvalue weighted by Crippen LogP contribution is -2.51. The SMILES string of the molecule is CC12CC(=CN3CCCC3)C(O)C=C1CCC1C2CCC2(C)C(O)CCC12. The summed E-state index contributed by atoms with van der Waals surface area (Å²) in [5.41, 5.74) is 3.13. The molecule has 1 aliphatic heterocycles. The van der Waals surface area contributed by atoms with Crippen LogP contribution in [0, 0.1) is 28.6 Å². The third-order valence-electron chi connectivity index (χ3n) is 9.49. The Hall–Kier alpha value is -0.800. The van der Waals surface area contributed by atoms with E-state index in [0.29, 0.717) is 5.92 Å². The maximum atomic E-state index is 10.8. The highest BCUT2D eigenvalue weighted by molar-refractivity contribution is 5.34. The largest absolute Gasteiger partial charge is 0.393 e. The molecule has 0 radical (unpaired) electrons. The summed E-state index contributed by atoms with van der Waals surface area (Å²) in [4.78, 5) is 2.42. The Morgan fingerprint density at radius 3 is 2.59 bits per heavy atom. The molecule has 27 heavy (non-hydrogen) atoms. The summed E-state index contributed by atoms with van der Waals surface area (Å²) in [6.45, 7) is 7.15. The van der Waals surface area contributed by atoms with Crippen LogP contribution in [0.3, 0.4) is 0 Å². The molecule has 0 bridgehead atoms. The summed E-state index contributed by atoms with van der Waals surface area (Å²) in [7, 11) is 0. The number of likely N-dealkylation sites (tertiary alicyclic amines) is 1. The zero-order valence-corrected chi connectivity index (χ0v) is 17.2. The van der Waals surface area contributed by atoms with Crippen molar-refractivity contribution in [3.63, 3.8) is 0 Å². The van der Waals surface area contributed by atoms with Crippen LogP contribution in [0.2, 0.25) is 0 Å². The Balaban J connectivity index is 1.45. The molecule has 3 nitrogen and oxygen atoms in total. The molecule has 4 aliphatic carbocycles. The van der Waals surface area contributed by atoms with Crippen LogP contribution in [-0.2, 0) is 0 Å². The fourth-order valence-electron chi connectivity index (χ4n) is 7.87. The van der Waals surface area contributed by atoms with Crippen LogP contribution < -0.4 is 0 Å². The Labute approximate surface area is 164 Å². The molecule has 7 atom stereocenters. The first-order valence-electron chi connectivity index (χ1n) is 11.4. The van der Waals surface area contributed by atoms with Gasteiger partial charge < -0.3 is 15.1 Å². The molecule has 0 aromatic rings. The highest BCUT2D eigenvalue weighted by Crippen LogP contribution is 2.65. The van der Waals surface area contributed by atoms with E-state index in [1.54, 1.807) is 0 Å². The van der Waals surface area contributed by atoms with Gasteiger partial charge in [0.25, 0.3) is 0 Å². The number of allylic oxidation sites excluding steroid dienone is 1. The molecule has 3 saturated carbocycles. The van der Waals surface area contributed by atoms with Crippen molar-refractivity contribution in [2.24, 2.45) is 28.6 Å². The zero-order valence-electron chi connectivity index (χ0n) is 17.2. The van der Waals surface area contributed by atoms with E-state index in [0.717, 1.165) is 44.2 Å². The van der Waals surface area contributed by atoms with Gasteiger partial charge in [-0.05, 0) is 91.9 Å². The first-order chi connectivity index (χ1) is 12.9. The second-order valence-electron chi connectivity index (χ2n) is 10.7. The summed E-state index contributed by atoms with van der Waals surface area (Å²) in [6, 6.07) is 0. The van der Waals surface area contributed by atoms with Crippen molar-refractivity contribution in [3.05, 3.63) is 23.4 Å². The van der Waals surface area contributed by atoms with Crippen molar-refractivity contribution in [3.8, 4) is 0 Å². The predicted octanol–water partition coefficient (Wildman–Crippen LogP) is 4.26. The quantitative estimate of drug-likeness (QED) is 0.677. The Kier molecular flexibility index (Phi) is 4.29. The van der Waals surface area contributed by atoms with Crippen molar-refractivity contribution < 1.29 is 10.2 Å². The summed E-state index contributed by atoms with van der Waals surface area (Å²) in [5, 5.41) is 21.4. The van der Waals surface area contributed by atoms with Gasteiger partial charge in [0.15, 0.2) is 0 Å². The van der Waals surface area contributed by atoms with Crippen LogP contribution in [0.5, 0.6) is 0 Å². The van der Waals surface area contributed by atoms with Crippen molar-refractivity contribution in [2.45, 2.75) is 83.8 Å². The zero-order chi connectivity index (χ0) is 18.8. The fourth-order valence-corrected chi connectivity index (χ4v) is 7.87. The van der Waals surface area contributed by atoms with Crippen molar-refractivity contribution in [2.75, 3.05) is 13.1 Å². The van der Waals surface area contributed by atoms with Gasteiger partial charge in [0, 0.05) is 19.3 Å². The first kappa shape index (κ1) is 18.2. The highest BCUT2D eigenvalue weighted by atomic mass is 16.3. The van der Waals surface area contributed by atoms with Gasteiger partial charge in [0.2, 0.25) is 0 Å². The summed E-state index contributed by atoms with van der Waals surface area (Å²) in [6.07, 6.45) is 14.7. The number of fused-ring (bicyclic) bond motifs is 5. The molecule has 1 saturated heterocycles. The van der Waals surface area contributed by atoms with Crippen molar-refractivity contribution in [1.29, 1.82) is 0 Å². The lowest BCUT2D eigenvalue weighted by molar-refractivity contribution is -0.0726. The minimum Gasteiger partial charge on any atom is -0.393 e. The first-order valence-corrected chi connectivity index (χ1v) is 11.4. The van der Waals surface area contributed by atoms with Crippen LogP contribution in [0.1, 0.15) is 71.6 Å². The minimum atomic E-state index is -0.382. The van der Waals surface area contributed by atoms with Gasteiger partial charge in [-0.25, -0.2) is 0 Å². The van der Waals surface area contributed by atoms with Crippen LogP contribution in [0.15, 0.2) is 23.4 Å². The smallest absolute Gasteiger partial charge is 0.0951 e. The molecule has 0 aromatic heterocycles. The maximum absolute atomic E-state index is 10.8. The normalized spacial score (nSPS) is 51.0. The molecule has 5 rings (SSSR count). The Bertz CT molecular complexity index is 663. The number of aliphatic hydroxyl groups is 2. The third kappa shape index (κ3) is 2.68. The molecule has 4 fully saturated rings. The monoisotopic (exact) mass is 371 g/mol. The second-order valence-corrected chi connectivity index (χ2v) is 10.7. The third-order valence-corrected chi connectivity index (χ3v) is 9.49. The van der Waals surface area contributed by atoms with E-state index in [-0.39, 0.29) is 23.0 Å². The van der Waals surface area contributed by atoms with E-state index >= 15 is 0 Å². The molecule has 150 valence electrons. The molecular weight excluding hydrogens is 334 g/mol. The number of hydrogen-bond acceptors (Lipinski definition) is 3. The van der Waals surface area contributed by atoms with Gasteiger partial charge in [0.05, 0.1) is 12.2 Å². The predicted molar refractivity (Wildman–Crippen MR) is 108 cm³/mol. The molecule has 5 aliphatic rings. The Morgan fingerprint density at radius 1 is 1.04 bits per heavy atom. The standard InChI is InChI=1S/C24H37NO2/c1-23-10-9-20-18(19(23)7-8-22(23)27)6-5-17-13-21(26)16(14-24(17,20)2)15-25-11-3-4-12-25/h13,15,18-22,26-27H,3-12,14H2,1-2H3. The molecule has 1 heterocycles. The number of hydrogen-bond donors (Lipinski definition) is 2. The lowest BCUT2D eigenvalue weighted by atomic mass is 9.47. The summed E-state index contributed by atoms with van der Waals surface area (Å²) < 4.78 is 0. The van der Waals surface area contributed by atoms with Crippen LogP contribution in [-0.4, -0.2) is 40.4 Å². The molecular formula is C24H37NO2. The molecule has 0 amide bonds. The van der Waals surface area contributed by atoms with E-state index in [2.05, 4.69) is 31.0 Å². The van der Waals surface area contributed by atoms with Gasteiger partial charge in [-0.3, -0.25) is 0 Å². The molecule has 0 spiro atoms. The maximum Gasteiger partial charge on any atom is 0.0951 e. The summed E-state index contributed by atoms with van der Waals surface area (Å²) in [5.74, 6) is 2.17. The van der Waals surface area contributed by atoms with Crippen LogP contribution in [0.25, 0.3) is 0 Å². The molecule has 0 aromatic carbocycles. The summed E-state index contributed by atoms with van der Waals surface area (Å²) >= 11 is 0. The van der Waals surface area contributed by atoms with Gasteiger partial charge >= 0.3 is 0 Å². The van der Waals surface area contributed by atoms with E-state index in [4.69, 9.17) is 0 Å². The molecule has 7 unspecified atom stereocenters. The number of nitrogens with zero attached hydrogens (tertiary/aromatic N) is 1. The van der Waals surface area contributed by atoms with Gasteiger partial charge in [-0.1, -0.05) is 25.5 Å². The minimum absolute atomic E-state index is 0.0907. The van der Waals surface area contributed by atoms with Crippen LogP contribution in [0.4, 0.5) is 0 Å². The average molecular weight is 372 g/mol. The van der Waals surface area contributed by atoms with E-state index in [1.807, 2.05) is 0 Å². The molecule has 3 heteroatoms. The van der Waals surface area contributed by atoms with Gasteiger partial charge in [0.1, 0.15) is 0 Å². The van der Waals surface area contributed by atoms with Crippen molar-refractivity contribution in [1.82, 2.24) is 4.90 Å². The topological polar surface area (TPSA) is 43.7 Å². The number of rotatable bonds is 1. The molecule has 2 N–H and O–H groups in total. The highest BCUT2D eigenvalue weighted by Gasteiger charge is 2.59.